The maximum absolute atomic E-state index is 14.0. The van der Waals surface area contributed by atoms with Crippen molar-refractivity contribution in [3.63, 3.8) is 0 Å². The minimum absolute atomic E-state index is 0.0464. The first-order valence-corrected chi connectivity index (χ1v) is 11.9. The molecule has 0 fully saturated rings. The number of amides is 1. The average molecular weight is 527 g/mol. The number of hydrogen-bond acceptors (Lipinski definition) is 7. The number of nitrogens with one attached hydrogen (secondary N) is 1. The van der Waals surface area contributed by atoms with Crippen LogP contribution in [0.2, 0.25) is 0 Å². The third-order valence-electron chi connectivity index (χ3n) is 6.05. The number of rotatable bonds is 5. The van der Waals surface area contributed by atoms with Crippen LogP contribution in [-0.4, -0.2) is 24.0 Å². The Balaban J connectivity index is 1.77. The predicted octanol–water partition coefficient (Wildman–Crippen LogP) is 4.90. The molecule has 11 heteroatoms. The molecule has 0 saturated carbocycles. The zero-order valence-corrected chi connectivity index (χ0v) is 20.4. The molecule has 5 rings (SSSR count). The number of fused-ring (bicyclic) bond motifs is 3. The number of aryl methyl sites for hydroxylation is 1. The van der Waals surface area contributed by atoms with Crippen LogP contribution in [-0.2, 0) is 17.5 Å². The van der Waals surface area contributed by atoms with Crippen molar-refractivity contribution in [2.75, 3.05) is 17.3 Å². The molecule has 7 nitrogen and oxygen atoms in total. The van der Waals surface area contributed by atoms with E-state index < -0.39 is 29.8 Å². The number of carbonyl (C=O) groups is 2. The van der Waals surface area contributed by atoms with Crippen LogP contribution in [0.1, 0.15) is 48.6 Å². The maximum Gasteiger partial charge on any atom is 0.416 e. The average Bonchev–Trinajstić information content (AvgIpc) is 3.22. The minimum Gasteiger partial charge on any atom is -0.545 e. The number of alkyl halides is 3. The number of aromatic nitrogens is 1. The lowest BCUT2D eigenvalue weighted by molar-refractivity contribution is -0.255. The number of hydrogen-bond donors (Lipinski definition) is 1. The zero-order valence-electron chi connectivity index (χ0n) is 19.6. The Hall–Kier alpha value is -3.96. The van der Waals surface area contributed by atoms with Crippen molar-refractivity contribution >= 4 is 44.8 Å². The Morgan fingerprint density at radius 2 is 1.95 bits per heavy atom. The Morgan fingerprint density at radius 1 is 1.19 bits per heavy atom. The molecule has 1 amide bonds. The molecule has 2 aromatic carbocycles. The first-order valence-electron chi connectivity index (χ1n) is 11.1. The fourth-order valence-electron chi connectivity index (χ4n) is 4.53. The van der Waals surface area contributed by atoms with Crippen LogP contribution in [0.25, 0.3) is 10.2 Å². The van der Waals surface area contributed by atoms with Gasteiger partial charge in [0.1, 0.15) is 15.9 Å². The van der Waals surface area contributed by atoms with Crippen molar-refractivity contribution in [2.45, 2.75) is 25.9 Å². The normalized spacial score (nSPS) is 15.5. The molecule has 2 aromatic heterocycles. The Labute approximate surface area is 213 Å². The van der Waals surface area contributed by atoms with E-state index in [9.17, 15) is 27.9 Å². The van der Waals surface area contributed by atoms with Gasteiger partial charge >= 0.3 is 6.18 Å². The number of carboxylic acids is 1. The first kappa shape index (κ1) is 24.7. The van der Waals surface area contributed by atoms with Gasteiger partial charge in [-0.05, 0) is 36.8 Å². The van der Waals surface area contributed by atoms with E-state index in [0.29, 0.717) is 21.6 Å². The number of methoxy groups -OCH3 is 1. The molecule has 4 aromatic rings. The van der Waals surface area contributed by atoms with E-state index >= 15 is 0 Å². The predicted molar refractivity (Wildman–Crippen MR) is 130 cm³/mol. The van der Waals surface area contributed by atoms with Crippen LogP contribution in [0.4, 0.5) is 24.5 Å². The van der Waals surface area contributed by atoms with Crippen molar-refractivity contribution in [3.8, 4) is 0 Å². The summed E-state index contributed by atoms with van der Waals surface area (Å²) in [5, 5.41) is 15.8. The van der Waals surface area contributed by atoms with E-state index in [0.717, 1.165) is 33.9 Å². The van der Waals surface area contributed by atoms with Gasteiger partial charge in [0.05, 0.1) is 23.8 Å². The van der Waals surface area contributed by atoms with Crippen molar-refractivity contribution in [1.29, 1.82) is 0 Å². The molecule has 0 bridgehead atoms. The van der Waals surface area contributed by atoms with Crippen molar-refractivity contribution in [3.05, 3.63) is 87.4 Å². The summed E-state index contributed by atoms with van der Waals surface area (Å²) in [6, 6.07) is 12.1. The van der Waals surface area contributed by atoms with Gasteiger partial charge < -0.3 is 20.0 Å². The van der Waals surface area contributed by atoms with Gasteiger partial charge in [0.25, 0.3) is 5.91 Å². The van der Waals surface area contributed by atoms with Gasteiger partial charge in [0.2, 0.25) is 0 Å². The monoisotopic (exact) mass is 526 g/mol. The first-order chi connectivity index (χ1) is 17.6. The lowest BCUT2D eigenvalue weighted by Gasteiger charge is -2.38. The van der Waals surface area contributed by atoms with Crippen LogP contribution in [0.3, 0.4) is 0 Å². The number of benzene rings is 2. The van der Waals surface area contributed by atoms with Crippen LogP contribution in [0, 0.1) is 6.92 Å². The molecule has 0 saturated heterocycles. The van der Waals surface area contributed by atoms with Crippen molar-refractivity contribution in [1.82, 2.24) is 4.98 Å². The van der Waals surface area contributed by atoms with E-state index in [-0.39, 0.29) is 28.3 Å². The van der Waals surface area contributed by atoms with Crippen molar-refractivity contribution in [2.24, 2.45) is 0 Å². The number of halogens is 3. The molecule has 1 aliphatic rings. The fraction of sp³-hybridized carbons (Fsp3) is 0.192. The number of nitrogens with zero attached hydrogens (tertiary/aromatic N) is 2. The number of anilines is 2. The van der Waals surface area contributed by atoms with Crippen LogP contribution in [0.15, 0.2) is 54.6 Å². The third kappa shape index (κ3) is 4.30. The van der Waals surface area contributed by atoms with Crippen LogP contribution >= 0.6 is 11.3 Å². The van der Waals surface area contributed by atoms with E-state index in [1.165, 1.54) is 37.4 Å². The lowest BCUT2D eigenvalue weighted by atomic mass is 9.99. The number of thiophene rings is 1. The largest absolute Gasteiger partial charge is 0.545 e. The summed E-state index contributed by atoms with van der Waals surface area (Å²) in [5.74, 6) is -2.07. The number of carboxylic acid groups (broad SMARTS) is 1. The summed E-state index contributed by atoms with van der Waals surface area (Å²) in [7, 11) is 1.53. The van der Waals surface area contributed by atoms with Gasteiger partial charge in [-0.2, -0.15) is 13.2 Å². The quantitative estimate of drug-likeness (QED) is 0.397. The summed E-state index contributed by atoms with van der Waals surface area (Å²) in [6.45, 7) is 2.04. The molecule has 1 atom stereocenters. The van der Waals surface area contributed by atoms with Gasteiger partial charge in [0, 0.05) is 35.0 Å². The standard InChI is InChI=1S/C26H20F3N3O4S/c1-13-10-14(12-36-2)19-20-21(37-23(19)30-13)24(33)32(16-7-5-6-15(11-16)26(27,28)29)22(31-20)17-8-3-4-9-18(17)25(34)35/h3-11,22,31H,12H2,1-2H3,(H,34,35)/p-1. The number of aromatic carboxylic acids is 1. The number of carbonyl (C=O) groups excluding carboxylic acids is 2. The van der Waals surface area contributed by atoms with Gasteiger partial charge in [0.15, 0.2) is 0 Å². The highest BCUT2D eigenvalue weighted by atomic mass is 32.1. The van der Waals surface area contributed by atoms with E-state index in [1.54, 1.807) is 13.0 Å². The molecule has 0 aliphatic carbocycles. The second-order valence-corrected chi connectivity index (χ2v) is 9.49. The van der Waals surface area contributed by atoms with Gasteiger partial charge in [-0.1, -0.05) is 30.3 Å². The Bertz CT molecular complexity index is 1550. The third-order valence-corrected chi connectivity index (χ3v) is 7.12. The number of pyridine rings is 1. The van der Waals surface area contributed by atoms with Crippen LogP contribution in [0.5, 0.6) is 0 Å². The van der Waals surface area contributed by atoms with E-state index in [4.69, 9.17) is 4.74 Å². The molecular formula is C26H19F3N3O4S-. The highest BCUT2D eigenvalue weighted by Gasteiger charge is 2.40. The second kappa shape index (κ2) is 9.16. The highest BCUT2D eigenvalue weighted by Crippen LogP contribution is 2.46. The Morgan fingerprint density at radius 3 is 2.65 bits per heavy atom. The SMILES string of the molecule is COCc1cc(C)nc2sc3c(c12)NC(c1ccccc1C(=O)[O-])N(c1cccc(C(F)(F)F)c1)C3=O. The van der Waals surface area contributed by atoms with Gasteiger partial charge in [-0.25, -0.2) is 4.98 Å². The lowest BCUT2D eigenvalue weighted by Crippen LogP contribution is -2.43. The summed E-state index contributed by atoms with van der Waals surface area (Å²) in [4.78, 5) is 32.4. The molecule has 37 heavy (non-hydrogen) atoms. The summed E-state index contributed by atoms with van der Waals surface area (Å²) in [6.07, 6.45) is -5.79. The molecule has 0 spiro atoms. The topological polar surface area (TPSA) is 94.6 Å². The van der Waals surface area contributed by atoms with Crippen molar-refractivity contribution < 1.29 is 32.6 Å². The highest BCUT2D eigenvalue weighted by molar-refractivity contribution is 7.21. The van der Waals surface area contributed by atoms with Gasteiger partial charge in [-0.3, -0.25) is 9.69 Å². The second-order valence-electron chi connectivity index (χ2n) is 8.49. The van der Waals surface area contributed by atoms with E-state index in [2.05, 4.69) is 10.3 Å². The smallest absolute Gasteiger partial charge is 0.416 e. The van der Waals surface area contributed by atoms with Gasteiger partial charge in [-0.15, -0.1) is 11.3 Å². The summed E-state index contributed by atoms with van der Waals surface area (Å²) in [5.41, 5.74) is 0.874. The molecule has 1 aliphatic heterocycles. The molecule has 1 N–H and O–H groups in total. The maximum atomic E-state index is 14.0. The molecule has 190 valence electrons. The molecular weight excluding hydrogens is 507 g/mol. The number of ether oxygens (including phenoxy) is 1. The fourth-order valence-corrected chi connectivity index (χ4v) is 5.70. The summed E-state index contributed by atoms with van der Waals surface area (Å²) >= 11 is 1.11. The molecule has 1 unspecified atom stereocenters. The Kier molecular flexibility index (Phi) is 6.12. The van der Waals surface area contributed by atoms with Crippen LogP contribution < -0.4 is 15.3 Å². The minimum atomic E-state index is -4.64. The molecule has 0 radical (unpaired) electrons. The molecule has 3 heterocycles. The zero-order chi connectivity index (χ0) is 26.5. The van der Waals surface area contributed by atoms with E-state index in [1.807, 2.05) is 6.07 Å². The summed E-state index contributed by atoms with van der Waals surface area (Å²) < 4.78 is 45.9.